The molecule has 0 saturated heterocycles. The monoisotopic (exact) mass is 254 g/mol. The Morgan fingerprint density at radius 2 is 2.07 bits per heavy atom. The summed E-state index contributed by atoms with van der Waals surface area (Å²) in [5.74, 6) is 0.309. The van der Waals surface area contributed by atoms with E-state index in [0.717, 1.165) is 10.8 Å². The lowest BCUT2D eigenvalue weighted by Gasteiger charge is -2.14. The largest absolute Gasteiger partial charge is 0.303 e. The van der Waals surface area contributed by atoms with E-state index in [9.17, 15) is 4.79 Å². The molecule has 0 aromatic heterocycles. The summed E-state index contributed by atoms with van der Waals surface area (Å²) in [6, 6.07) is 4.26. The lowest BCUT2D eigenvalue weighted by atomic mass is 9.93. The molecule has 0 N–H and O–H groups in total. The molecule has 0 aliphatic carbocycles. The first-order valence-corrected chi connectivity index (χ1v) is 5.55. The smallest absolute Gasteiger partial charge is 0.120 e. The predicted molar refractivity (Wildman–Crippen MR) is 62.7 cm³/mol. The van der Waals surface area contributed by atoms with Crippen molar-refractivity contribution in [3.63, 3.8) is 0 Å². The Labute approximate surface area is 93.7 Å². The Morgan fingerprint density at radius 1 is 1.43 bits per heavy atom. The van der Waals surface area contributed by atoms with E-state index in [1.165, 1.54) is 16.7 Å². The summed E-state index contributed by atoms with van der Waals surface area (Å²) in [5.41, 5.74) is 3.74. The Morgan fingerprint density at radius 3 is 2.64 bits per heavy atom. The molecule has 0 aliphatic rings. The fraction of sp³-hybridized carbons (Fsp3) is 0.417. The van der Waals surface area contributed by atoms with Crippen molar-refractivity contribution < 1.29 is 4.79 Å². The highest BCUT2D eigenvalue weighted by Crippen LogP contribution is 2.28. The second-order valence-corrected chi connectivity index (χ2v) is 4.62. The van der Waals surface area contributed by atoms with E-state index < -0.39 is 0 Å². The Bertz CT molecular complexity index is 344. The van der Waals surface area contributed by atoms with Crippen LogP contribution in [0.15, 0.2) is 16.6 Å². The quantitative estimate of drug-likeness (QED) is 0.751. The minimum atomic E-state index is 0.309. The molecule has 14 heavy (non-hydrogen) atoms. The second-order valence-electron chi connectivity index (χ2n) is 3.76. The zero-order chi connectivity index (χ0) is 10.7. The van der Waals surface area contributed by atoms with Gasteiger partial charge in [-0.3, -0.25) is 0 Å². The third kappa shape index (κ3) is 2.44. The van der Waals surface area contributed by atoms with E-state index in [4.69, 9.17) is 0 Å². The van der Waals surface area contributed by atoms with E-state index >= 15 is 0 Å². The molecule has 0 amide bonds. The maximum Gasteiger partial charge on any atom is 0.120 e. The SMILES string of the molecule is Cc1cc(Br)c(C)c(C(C)CC=O)c1. The summed E-state index contributed by atoms with van der Waals surface area (Å²) in [4.78, 5) is 10.5. The van der Waals surface area contributed by atoms with Crippen molar-refractivity contribution in [2.45, 2.75) is 33.1 Å². The number of aldehydes is 1. The van der Waals surface area contributed by atoms with Gasteiger partial charge in [-0.25, -0.2) is 0 Å². The van der Waals surface area contributed by atoms with Crippen molar-refractivity contribution in [1.29, 1.82) is 0 Å². The molecule has 1 rings (SSSR count). The minimum absolute atomic E-state index is 0.309. The summed E-state index contributed by atoms with van der Waals surface area (Å²) >= 11 is 3.53. The Balaban J connectivity index is 3.12. The number of carbonyl (C=O) groups excluding carboxylic acids is 1. The molecule has 0 aliphatic heterocycles. The maximum absolute atomic E-state index is 10.5. The molecule has 0 radical (unpaired) electrons. The van der Waals surface area contributed by atoms with Crippen molar-refractivity contribution in [2.75, 3.05) is 0 Å². The molecule has 76 valence electrons. The number of hydrogen-bond acceptors (Lipinski definition) is 1. The van der Waals surface area contributed by atoms with Crippen molar-refractivity contribution in [3.8, 4) is 0 Å². The predicted octanol–water partition coefficient (Wildman–Crippen LogP) is 3.76. The van der Waals surface area contributed by atoms with Crippen LogP contribution in [0, 0.1) is 13.8 Å². The summed E-state index contributed by atoms with van der Waals surface area (Å²) in [7, 11) is 0. The molecule has 0 bridgehead atoms. The maximum atomic E-state index is 10.5. The third-order valence-electron chi connectivity index (χ3n) is 2.51. The van der Waals surface area contributed by atoms with Gasteiger partial charge in [-0.1, -0.05) is 28.9 Å². The molecular weight excluding hydrogens is 240 g/mol. The molecule has 1 aromatic rings. The van der Waals surface area contributed by atoms with Gasteiger partial charge in [0, 0.05) is 10.9 Å². The van der Waals surface area contributed by atoms with Crippen LogP contribution >= 0.6 is 15.9 Å². The van der Waals surface area contributed by atoms with Crippen molar-refractivity contribution in [1.82, 2.24) is 0 Å². The average molecular weight is 255 g/mol. The Hall–Kier alpha value is -0.630. The lowest BCUT2D eigenvalue weighted by molar-refractivity contribution is -0.108. The zero-order valence-corrected chi connectivity index (χ0v) is 10.4. The third-order valence-corrected chi connectivity index (χ3v) is 3.33. The van der Waals surface area contributed by atoms with Crippen LogP contribution < -0.4 is 0 Å². The second kappa shape index (κ2) is 4.74. The van der Waals surface area contributed by atoms with Gasteiger partial charge in [0.05, 0.1) is 0 Å². The van der Waals surface area contributed by atoms with Crippen LogP contribution in [0.1, 0.15) is 36.0 Å². The number of hydrogen-bond donors (Lipinski definition) is 0. The standard InChI is InChI=1S/C12H15BrO/c1-8-6-11(9(2)4-5-14)10(3)12(13)7-8/h5-7,9H,4H2,1-3H3. The first-order chi connectivity index (χ1) is 6.56. The first kappa shape index (κ1) is 11.4. The molecule has 0 fully saturated rings. The van der Waals surface area contributed by atoms with E-state index in [0.29, 0.717) is 12.3 Å². The summed E-state index contributed by atoms with van der Waals surface area (Å²) in [6.07, 6.45) is 1.58. The van der Waals surface area contributed by atoms with E-state index in [1.807, 2.05) is 0 Å². The molecule has 1 nitrogen and oxygen atoms in total. The fourth-order valence-corrected chi connectivity index (χ4v) is 2.21. The molecule has 1 aromatic carbocycles. The van der Waals surface area contributed by atoms with Crippen molar-refractivity contribution in [2.24, 2.45) is 0 Å². The van der Waals surface area contributed by atoms with Gasteiger partial charge in [0.1, 0.15) is 6.29 Å². The van der Waals surface area contributed by atoms with Crippen LogP contribution in [0.5, 0.6) is 0 Å². The van der Waals surface area contributed by atoms with Gasteiger partial charge in [0.15, 0.2) is 0 Å². The van der Waals surface area contributed by atoms with Gasteiger partial charge >= 0.3 is 0 Å². The number of aryl methyl sites for hydroxylation is 1. The van der Waals surface area contributed by atoms with Crippen LogP contribution in [0.25, 0.3) is 0 Å². The highest BCUT2D eigenvalue weighted by atomic mass is 79.9. The van der Waals surface area contributed by atoms with Crippen LogP contribution in [-0.2, 0) is 4.79 Å². The molecule has 0 saturated carbocycles. The van der Waals surface area contributed by atoms with Crippen molar-refractivity contribution >= 4 is 22.2 Å². The van der Waals surface area contributed by atoms with Gasteiger partial charge < -0.3 is 4.79 Å². The highest BCUT2D eigenvalue weighted by molar-refractivity contribution is 9.10. The number of halogens is 1. The van der Waals surface area contributed by atoms with E-state index in [2.05, 4.69) is 48.8 Å². The van der Waals surface area contributed by atoms with Crippen molar-refractivity contribution in [3.05, 3.63) is 33.3 Å². The summed E-state index contributed by atoms with van der Waals surface area (Å²) in [5, 5.41) is 0. The van der Waals surface area contributed by atoms with Crippen LogP contribution in [0.3, 0.4) is 0 Å². The van der Waals surface area contributed by atoms with Gasteiger partial charge in [-0.2, -0.15) is 0 Å². The number of carbonyl (C=O) groups is 1. The first-order valence-electron chi connectivity index (χ1n) is 4.76. The number of benzene rings is 1. The highest BCUT2D eigenvalue weighted by Gasteiger charge is 2.10. The van der Waals surface area contributed by atoms with Gasteiger partial charge in [0.25, 0.3) is 0 Å². The topological polar surface area (TPSA) is 17.1 Å². The molecule has 1 atom stereocenters. The van der Waals surface area contributed by atoms with E-state index in [-0.39, 0.29) is 0 Å². The van der Waals surface area contributed by atoms with Gasteiger partial charge in [-0.15, -0.1) is 0 Å². The molecule has 1 unspecified atom stereocenters. The summed E-state index contributed by atoms with van der Waals surface area (Å²) in [6.45, 7) is 6.24. The van der Waals surface area contributed by atoms with Crippen LogP contribution in [0.2, 0.25) is 0 Å². The van der Waals surface area contributed by atoms with Gasteiger partial charge in [0.2, 0.25) is 0 Å². The van der Waals surface area contributed by atoms with Crippen LogP contribution in [0.4, 0.5) is 0 Å². The number of rotatable bonds is 3. The molecule has 0 heterocycles. The zero-order valence-electron chi connectivity index (χ0n) is 8.80. The van der Waals surface area contributed by atoms with Gasteiger partial charge in [-0.05, 0) is 42.5 Å². The van der Waals surface area contributed by atoms with E-state index in [1.54, 1.807) is 0 Å². The molecular formula is C12H15BrO. The minimum Gasteiger partial charge on any atom is -0.303 e. The Kier molecular flexibility index (Phi) is 3.87. The molecule has 2 heteroatoms. The molecule has 0 spiro atoms. The average Bonchev–Trinajstić information content (AvgIpc) is 2.11. The summed E-state index contributed by atoms with van der Waals surface area (Å²) < 4.78 is 1.13. The normalized spacial score (nSPS) is 12.6. The van der Waals surface area contributed by atoms with Crippen LogP contribution in [-0.4, -0.2) is 6.29 Å². The fourth-order valence-electron chi connectivity index (χ4n) is 1.62. The lowest BCUT2D eigenvalue weighted by Crippen LogP contribution is -1.99.